The van der Waals surface area contributed by atoms with Gasteiger partial charge < -0.3 is 39.9 Å². The lowest BCUT2D eigenvalue weighted by molar-refractivity contribution is -0.154. The smallest absolute Gasteiger partial charge is 0.410 e. The Morgan fingerprint density at radius 1 is 0.516 bits per heavy atom. The molecule has 2 saturated heterocycles. The van der Waals surface area contributed by atoms with Crippen LogP contribution in [0.4, 0.5) is 9.59 Å². The van der Waals surface area contributed by atoms with Gasteiger partial charge in [-0.3, -0.25) is 9.59 Å². The SMILES string of the molecule is CC(C)(C)[C@H](NC(=O)C(C)(OC(=O)N1CCC1)C(C)(C)C)c1ncc(-c2ccc(-c3ccc(-c4cnc([C@@H](NC(=O)C(C)(OC(=O)N5CCC5)C(C)(C)C)C(C)(C)C)[nH]4)cc3)cc2)[nH]1. The van der Waals surface area contributed by atoms with E-state index in [1.807, 2.05) is 107 Å². The second kappa shape index (κ2) is 17.4. The number of carbonyl (C=O) groups is 4. The second-order valence-electron chi connectivity index (χ2n) is 22.0. The lowest BCUT2D eigenvalue weighted by Gasteiger charge is -2.43. The van der Waals surface area contributed by atoms with Gasteiger partial charge in [0.2, 0.25) is 0 Å². The third kappa shape index (κ3) is 9.85. The molecule has 4 heterocycles. The summed E-state index contributed by atoms with van der Waals surface area (Å²) in [7, 11) is 0. The van der Waals surface area contributed by atoms with Crippen molar-refractivity contribution in [2.24, 2.45) is 21.7 Å². The minimum Gasteiger partial charge on any atom is -0.432 e. The number of carbonyl (C=O) groups excluding carboxylic acids is 4. The summed E-state index contributed by atoms with van der Waals surface area (Å²) >= 11 is 0. The Morgan fingerprint density at radius 3 is 1.06 bits per heavy atom. The first-order chi connectivity index (χ1) is 29.6. The summed E-state index contributed by atoms with van der Waals surface area (Å²) < 4.78 is 11.9. The Bertz CT molecular complexity index is 2150. The fourth-order valence-corrected chi connectivity index (χ4v) is 7.43. The van der Waals surface area contributed by atoms with Gasteiger partial charge >= 0.3 is 12.2 Å². The summed E-state index contributed by atoms with van der Waals surface area (Å²) in [4.78, 5) is 73.7. The number of hydrogen-bond donors (Lipinski definition) is 4. The van der Waals surface area contributed by atoms with Crippen LogP contribution >= 0.6 is 0 Å². The van der Waals surface area contributed by atoms with Crippen molar-refractivity contribution in [3.63, 3.8) is 0 Å². The van der Waals surface area contributed by atoms with Crippen molar-refractivity contribution in [3.8, 4) is 33.6 Å². The van der Waals surface area contributed by atoms with Crippen LogP contribution in [0.25, 0.3) is 33.6 Å². The van der Waals surface area contributed by atoms with Crippen molar-refractivity contribution in [3.05, 3.63) is 72.6 Å². The zero-order valence-electron chi connectivity index (χ0n) is 40.4. The van der Waals surface area contributed by atoms with E-state index in [9.17, 15) is 19.2 Å². The molecule has 2 unspecified atom stereocenters. The van der Waals surface area contributed by atoms with Crippen molar-refractivity contribution in [1.82, 2.24) is 40.4 Å². The topological polar surface area (TPSA) is 175 Å². The standard InChI is InChI=1S/C50H70N8O6/c1-45(2,3)37(55-41(59)49(13,47(7,8)9)63-43(61)57-25-15-26-57)39-51-29-35(53-39)33-21-17-31(18-22-33)32-19-23-34(24-20-32)36-30-52-40(54-36)38(46(4,5)6)56-42(60)50(14,48(10,11)12)64-44(62)58-27-16-28-58/h17-24,29-30,37-38H,15-16,25-28H2,1-14H3,(H,51,53)(H,52,54)(H,55,59)(H,56,60)/t37-,38-,49?,50?/m1/s1. The average molecular weight is 879 g/mol. The maximum Gasteiger partial charge on any atom is 0.410 e. The van der Waals surface area contributed by atoms with Gasteiger partial charge in [0.1, 0.15) is 11.6 Å². The van der Waals surface area contributed by atoms with Gasteiger partial charge in [0.25, 0.3) is 11.8 Å². The molecule has 4 atom stereocenters. The number of nitrogens with zero attached hydrogens (tertiary/aromatic N) is 4. The summed E-state index contributed by atoms with van der Waals surface area (Å²) in [6.07, 6.45) is 4.45. The molecule has 14 nitrogen and oxygen atoms in total. The zero-order valence-corrected chi connectivity index (χ0v) is 40.4. The number of amides is 4. The van der Waals surface area contributed by atoms with E-state index in [0.717, 1.165) is 46.5 Å². The predicted octanol–water partition coefficient (Wildman–Crippen LogP) is 9.83. The number of imidazole rings is 2. The van der Waals surface area contributed by atoms with Crippen LogP contribution in [-0.4, -0.2) is 91.1 Å². The van der Waals surface area contributed by atoms with Gasteiger partial charge in [0.05, 0.1) is 35.9 Å². The Hall–Kier alpha value is -5.66. The van der Waals surface area contributed by atoms with E-state index in [1.165, 1.54) is 0 Å². The molecule has 2 aromatic heterocycles. The number of likely N-dealkylation sites (tertiary alicyclic amines) is 2. The number of ether oxygens (including phenoxy) is 2. The van der Waals surface area contributed by atoms with Gasteiger partial charge in [-0.15, -0.1) is 0 Å². The molecule has 6 rings (SSSR count). The molecule has 2 aromatic carbocycles. The number of rotatable bonds is 11. The Morgan fingerprint density at radius 2 is 0.812 bits per heavy atom. The lowest BCUT2D eigenvalue weighted by atomic mass is 9.76. The first-order valence-corrected chi connectivity index (χ1v) is 22.5. The highest BCUT2D eigenvalue weighted by Gasteiger charge is 2.52. The number of aromatic amines is 2. The fraction of sp³-hybridized carbons (Fsp3) is 0.560. The maximum atomic E-state index is 14.1. The lowest BCUT2D eigenvalue weighted by Crippen LogP contribution is -2.59. The van der Waals surface area contributed by atoms with Gasteiger partial charge in [-0.05, 0) is 59.8 Å². The van der Waals surface area contributed by atoms with E-state index in [0.29, 0.717) is 37.8 Å². The highest BCUT2D eigenvalue weighted by molar-refractivity contribution is 5.89. The second-order valence-corrected chi connectivity index (χ2v) is 22.0. The predicted molar refractivity (Wildman–Crippen MR) is 249 cm³/mol. The Balaban J connectivity index is 1.15. The largest absolute Gasteiger partial charge is 0.432 e. The summed E-state index contributed by atoms with van der Waals surface area (Å²) in [5.74, 6) is 0.446. The van der Waals surface area contributed by atoms with Gasteiger partial charge in [-0.1, -0.05) is 132 Å². The van der Waals surface area contributed by atoms with E-state index in [4.69, 9.17) is 19.4 Å². The van der Waals surface area contributed by atoms with E-state index >= 15 is 0 Å². The van der Waals surface area contributed by atoms with Crippen LogP contribution in [-0.2, 0) is 19.1 Å². The molecule has 4 aromatic rings. The van der Waals surface area contributed by atoms with Gasteiger partial charge in [0.15, 0.2) is 11.2 Å². The van der Waals surface area contributed by atoms with Crippen LogP contribution in [0.15, 0.2) is 60.9 Å². The van der Waals surface area contributed by atoms with Crippen molar-refractivity contribution >= 4 is 24.0 Å². The molecule has 4 amide bonds. The zero-order chi connectivity index (χ0) is 47.2. The third-order valence-electron chi connectivity index (χ3n) is 13.3. The minimum absolute atomic E-state index is 0.379. The molecular formula is C50H70N8O6. The monoisotopic (exact) mass is 879 g/mol. The van der Waals surface area contributed by atoms with Gasteiger partial charge in [0, 0.05) is 37.0 Å². The van der Waals surface area contributed by atoms with Crippen LogP contribution in [0.1, 0.15) is 134 Å². The average Bonchev–Trinajstić information content (AvgIpc) is 3.83. The quantitative estimate of drug-likeness (QED) is 0.115. The molecule has 2 fully saturated rings. The molecule has 0 radical (unpaired) electrons. The van der Waals surface area contributed by atoms with Gasteiger partial charge in [-0.2, -0.15) is 0 Å². The maximum absolute atomic E-state index is 14.1. The molecule has 14 heteroatoms. The first-order valence-electron chi connectivity index (χ1n) is 22.5. The van der Waals surface area contributed by atoms with Crippen molar-refractivity contribution < 1.29 is 28.7 Å². The van der Waals surface area contributed by atoms with Crippen LogP contribution in [0.2, 0.25) is 0 Å². The molecule has 2 aliphatic rings. The molecule has 0 spiro atoms. The van der Waals surface area contributed by atoms with Crippen LogP contribution < -0.4 is 10.6 Å². The van der Waals surface area contributed by atoms with E-state index in [-0.39, 0.29) is 11.8 Å². The summed E-state index contributed by atoms with van der Waals surface area (Å²) in [5.41, 5.74) is 0.463. The van der Waals surface area contributed by atoms with E-state index in [1.54, 1.807) is 36.0 Å². The first kappa shape index (κ1) is 47.8. The number of H-pyrrole nitrogens is 2. The van der Waals surface area contributed by atoms with Gasteiger partial charge in [-0.25, -0.2) is 19.6 Å². The molecule has 0 saturated carbocycles. The van der Waals surface area contributed by atoms with Crippen molar-refractivity contribution in [2.75, 3.05) is 26.2 Å². The molecule has 346 valence electrons. The normalized spacial score (nSPS) is 17.5. The highest BCUT2D eigenvalue weighted by Crippen LogP contribution is 2.40. The molecule has 64 heavy (non-hydrogen) atoms. The Kier molecular flexibility index (Phi) is 13.0. The third-order valence-corrected chi connectivity index (χ3v) is 13.3. The number of nitrogens with one attached hydrogen (secondary N) is 4. The molecule has 2 aliphatic heterocycles. The summed E-state index contributed by atoms with van der Waals surface area (Å²) in [5, 5.41) is 6.38. The highest BCUT2D eigenvalue weighted by atomic mass is 16.6. The minimum atomic E-state index is -1.43. The number of benzene rings is 2. The fourth-order valence-electron chi connectivity index (χ4n) is 7.43. The van der Waals surface area contributed by atoms with Crippen LogP contribution in [0.5, 0.6) is 0 Å². The molecule has 0 aliphatic carbocycles. The molecule has 0 bridgehead atoms. The van der Waals surface area contributed by atoms with Crippen LogP contribution in [0.3, 0.4) is 0 Å². The van der Waals surface area contributed by atoms with E-state index < -0.39 is 57.1 Å². The number of hydrogen-bond acceptors (Lipinski definition) is 8. The Labute approximate surface area is 379 Å². The molecular weight excluding hydrogens is 809 g/mol. The molecule has 4 N–H and O–H groups in total. The van der Waals surface area contributed by atoms with E-state index in [2.05, 4.69) is 44.9 Å². The van der Waals surface area contributed by atoms with Crippen molar-refractivity contribution in [1.29, 1.82) is 0 Å². The summed E-state index contributed by atoms with van der Waals surface area (Å²) in [6.45, 7) is 29.5. The van der Waals surface area contributed by atoms with Crippen molar-refractivity contribution in [2.45, 2.75) is 133 Å². The van der Waals surface area contributed by atoms with Crippen LogP contribution in [0, 0.1) is 21.7 Å². The summed E-state index contributed by atoms with van der Waals surface area (Å²) in [6, 6.07) is 15.4. The number of aromatic nitrogens is 4.